The molecule has 0 bridgehead atoms. The zero-order valence-electron chi connectivity index (χ0n) is 14.9. The maximum atomic E-state index is 12.2. The number of amides is 1. The van der Waals surface area contributed by atoms with Crippen LogP contribution < -0.4 is 10.1 Å². The molecular weight excluding hydrogens is 376 g/mol. The predicted molar refractivity (Wildman–Crippen MR) is 109 cm³/mol. The minimum atomic E-state index is -0.0839. The molecule has 140 valence electrons. The number of pyridine rings is 1. The third kappa shape index (κ3) is 4.47. The first-order chi connectivity index (χ1) is 13.7. The summed E-state index contributed by atoms with van der Waals surface area (Å²) in [7, 11) is 0. The van der Waals surface area contributed by atoms with E-state index in [1.54, 1.807) is 48.8 Å². The number of imidazole rings is 1. The fourth-order valence-electron chi connectivity index (χ4n) is 2.76. The van der Waals surface area contributed by atoms with Gasteiger partial charge >= 0.3 is 0 Å². The van der Waals surface area contributed by atoms with Crippen LogP contribution in [0.4, 0.5) is 5.69 Å². The molecule has 0 radical (unpaired) electrons. The second-order valence-electron chi connectivity index (χ2n) is 6.21. The Balaban J connectivity index is 1.31. The van der Waals surface area contributed by atoms with Gasteiger partial charge in [0.05, 0.1) is 17.2 Å². The van der Waals surface area contributed by atoms with Gasteiger partial charge in [-0.3, -0.25) is 9.78 Å². The molecule has 0 aliphatic heterocycles. The van der Waals surface area contributed by atoms with Crippen LogP contribution in [-0.4, -0.2) is 20.9 Å². The third-order valence-electron chi connectivity index (χ3n) is 4.09. The molecule has 2 aromatic heterocycles. The summed E-state index contributed by atoms with van der Waals surface area (Å²) in [6, 6.07) is 16.3. The Morgan fingerprint density at radius 1 is 1.11 bits per heavy atom. The van der Waals surface area contributed by atoms with Crippen molar-refractivity contribution in [1.29, 1.82) is 0 Å². The topological polar surface area (TPSA) is 79.9 Å². The van der Waals surface area contributed by atoms with E-state index in [0.717, 1.165) is 16.9 Å². The van der Waals surface area contributed by atoms with E-state index in [4.69, 9.17) is 16.3 Å². The highest BCUT2D eigenvalue weighted by Gasteiger charge is 2.08. The molecule has 0 aliphatic rings. The molecule has 4 aromatic rings. The third-order valence-corrected chi connectivity index (χ3v) is 4.33. The minimum absolute atomic E-state index is 0.0839. The van der Waals surface area contributed by atoms with Crippen molar-refractivity contribution in [3.05, 3.63) is 77.8 Å². The van der Waals surface area contributed by atoms with Crippen molar-refractivity contribution in [1.82, 2.24) is 15.0 Å². The number of hydrogen-bond donors (Lipinski definition) is 2. The van der Waals surface area contributed by atoms with Crippen LogP contribution in [0.2, 0.25) is 5.02 Å². The summed E-state index contributed by atoms with van der Waals surface area (Å²) in [5.74, 6) is 2.00. The predicted octanol–water partition coefficient (Wildman–Crippen LogP) is 4.97. The van der Waals surface area contributed by atoms with Gasteiger partial charge in [-0.05, 0) is 54.6 Å². The number of halogens is 1. The van der Waals surface area contributed by atoms with E-state index in [2.05, 4.69) is 20.3 Å². The van der Waals surface area contributed by atoms with Gasteiger partial charge < -0.3 is 15.0 Å². The molecule has 4 rings (SSSR count). The van der Waals surface area contributed by atoms with Crippen LogP contribution in [-0.2, 0) is 11.2 Å². The molecule has 2 aromatic carbocycles. The number of benzene rings is 2. The molecule has 2 heterocycles. The highest BCUT2D eigenvalue weighted by Crippen LogP contribution is 2.22. The summed E-state index contributed by atoms with van der Waals surface area (Å²) in [5, 5.41) is 3.53. The molecule has 0 aliphatic carbocycles. The second kappa shape index (κ2) is 8.10. The number of carbonyl (C=O) groups excluding carboxylic acids is 1. The molecule has 1 amide bonds. The van der Waals surface area contributed by atoms with Gasteiger partial charge in [-0.15, -0.1) is 0 Å². The van der Waals surface area contributed by atoms with Gasteiger partial charge in [-0.2, -0.15) is 0 Å². The molecule has 0 spiro atoms. The maximum Gasteiger partial charge on any atom is 0.224 e. The summed E-state index contributed by atoms with van der Waals surface area (Å²) in [5.41, 5.74) is 2.41. The van der Waals surface area contributed by atoms with E-state index in [0.29, 0.717) is 35.1 Å². The van der Waals surface area contributed by atoms with E-state index < -0.39 is 0 Å². The standard InChI is InChI=1S/C21H17ClN4O2/c22-14-3-8-18-19(12-14)26-20(25-18)9-10-21(27)24-15-4-6-16(7-5-15)28-17-2-1-11-23-13-17/h1-8,11-13H,9-10H2,(H,24,27)(H,25,26). The Morgan fingerprint density at radius 2 is 1.96 bits per heavy atom. The number of fused-ring (bicyclic) bond motifs is 1. The second-order valence-corrected chi connectivity index (χ2v) is 6.64. The number of nitrogens with zero attached hydrogens (tertiary/aromatic N) is 2. The number of H-pyrrole nitrogens is 1. The smallest absolute Gasteiger partial charge is 0.224 e. The Morgan fingerprint density at radius 3 is 2.75 bits per heavy atom. The lowest BCUT2D eigenvalue weighted by Crippen LogP contribution is -2.12. The molecule has 0 atom stereocenters. The molecule has 0 saturated heterocycles. The number of hydrogen-bond acceptors (Lipinski definition) is 4. The maximum absolute atomic E-state index is 12.2. The van der Waals surface area contributed by atoms with Crippen molar-refractivity contribution < 1.29 is 9.53 Å². The molecule has 6 nitrogen and oxygen atoms in total. The van der Waals surface area contributed by atoms with E-state index in [9.17, 15) is 4.79 Å². The average Bonchev–Trinajstić information content (AvgIpc) is 3.11. The number of aryl methyl sites for hydroxylation is 1. The quantitative estimate of drug-likeness (QED) is 0.485. The summed E-state index contributed by atoms with van der Waals surface area (Å²) in [6.07, 6.45) is 4.16. The summed E-state index contributed by atoms with van der Waals surface area (Å²) in [4.78, 5) is 23.9. The number of carbonyl (C=O) groups is 1. The zero-order valence-corrected chi connectivity index (χ0v) is 15.6. The fraction of sp³-hybridized carbons (Fsp3) is 0.0952. The van der Waals surface area contributed by atoms with Crippen LogP contribution in [0, 0.1) is 0 Å². The van der Waals surface area contributed by atoms with Crippen LogP contribution in [0.5, 0.6) is 11.5 Å². The number of anilines is 1. The minimum Gasteiger partial charge on any atom is -0.456 e. The lowest BCUT2D eigenvalue weighted by Gasteiger charge is -2.07. The Labute approximate surface area is 166 Å². The molecule has 0 fully saturated rings. The monoisotopic (exact) mass is 392 g/mol. The van der Waals surface area contributed by atoms with Gasteiger partial charge in [-0.25, -0.2) is 4.98 Å². The highest BCUT2D eigenvalue weighted by atomic mass is 35.5. The number of nitrogens with one attached hydrogen (secondary N) is 2. The summed E-state index contributed by atoms with van der Waals surface area (Å²) < 4.78 is 5.68. The SMILES string of the molecule is O=C(CCc1nc2ccc(Cl)cc2[nH]1)Nc1ccc(Oc2cccnc2)cc1. The Bertz CT molecular complexity index is 1090. The van der Waals surface area contributed by atoms with Gasteiger partial charge in [0.15, 0.2) is 0 Å². The number of ether oxygens (including phenoxy) is 1. The van der Waals surface area contributed by atoms with Crippen molar-refractivity contribution >= 4 is 34.2 Å². The highest BCUT2D eigenvalue weighted by molar-refractivity contribution is 6.31. The Hall–Kier alpha value is -3.38. The van der Waals surface area contributed by atoms with Gasteiger partial charge in [0.25, 0.3) is 0 Å². The first-order valence-corrected chi connectivity index (χ1v) is 9.15. The molecule has 0 saturated carbocycles. The van der Waals surface area contributed by atoms with E-state index in [1.165, 1.54) is 0 Å². The largest absolute Gasteiger partial charge is 0.456 e. The average molecular weight is 393 g/mol. The summed E-state index contributed by atoms with van der Waals surface area (Å²) >= 11 is 5.98. The van der Waals surface area contributed by atoms with E-state index in [1.807, 2.05) is 18.2 Å². The molecule has 0 unspecified atom stereocenters. The molecule has 2 N–H and O–H groups in total. The first kappa shape index (κ1) is 18.0. The van der Waals surface area contributed by atoms with Crippen LogP contribution in [0.25, 0.3) is 11.0 Å². The van der Waals surface area contributed by atoms with Crippen LogP contribution in [0.15, 0.2) is 67.0 Å². The lowest BCUT2D eigenvalue weighted by atomic mass is 10.2. The van der Waals surface area contributed by atoms with Crippen LogP contribution in [0.3, 0.4) is 0 Å². The number of rotatable bonds is 6. The Kier molecular flexibility index (Phi) is 5.21. The summed E-state index contributed by atoms with van der Waals surface area (Å²) in [6.45, 7) is 0. The van der Waals surface area contributed by atoms with Gasteiger partial charge in [-0.1, -0.05) is 11.6 Å². The molecule has 28 heavy (non-hydrogen) atoms. The molecular formula is C21H17ClN4O2. The van der Waals surface area contributed by atoms with Crippen molar-refractivity contribution in [2.45, 2.75) is 12.8 Å². The molecule has 7 heteroatoms. The van der Waals surface area contributed by atoms with Crippen molar-refractivity contribution in [2.75, 3.05) is 5.32 Å². The normalized spacial score (nSPS) is 10.8. The van der Waals surface area contributed by atoms with Crippen LogP contribution in [0.1, 0.15) is 12.2 Å². The van der Waals surface area contributed by atoms with E-state index >= 15 is 0 Å². The number of aromatic amines is 1. The van der Waals surface area contributed by atoms with Gasteiger partial charge in [0.2, 0.25) is 5.91 Å². The van der Waals surface area contributed by atoms with Crippen molar-refractivity contribution in [2.24, 2.45) is 0 Å². The number of aromatic nitrogens is 3. The fourth-order valence-corrected chi connectivity index (χ4v) is 2.93. The van der Waals surface area contributed by atoms with Gasteiger partial charge in [0.1, 0.15) is 17.3 Å². The lowest BCUT2D eigenvalue weighted by molar-refractivity contribution is -0.116. The first-order valence-electron chi connectivity index (χ1n) is 8.78. The van der Waals surface area contributed by atoms with Crippen molar-refractivity contribution in [3.63, 3.8) is 0 Å². The van der Waals surface area contributed by atoms with Crippen molar-refractivity contribution in [3.8, 4) is 11.5 Å². The van der Waals surface area contributed by atoms with E-state index in [-0.39, 0.29) is 5.91 Å². The van der Waals surface area contributed by atoms with Gasteiger partial charge in [0, 0.05) is 29.7 Å². The van der Waals surface area contributed by atoms with Crippen LogP contribution >= 0.6 is 11.6 Å². The zero-order chi connectivity index (χ0) is 19.3.